The summed E-state index contributed by atoms with van der Waals surface area (Å²) in [4.78, 5) is 13.8. The summed E-state index contributed by atoms with van der Waals surface area (Å²) in [7, 11) is 1.69. The Hall–Kier alpha value is -0.650. The maximum atomic E-state index is 11.6. The Morgan fingerprint density at radius 3 is 3.00 bits per heavy atom. The third-order valence-corrected chi connectivity index (χ3v) is 3.55. The highest BCUT2D eigenvalue weighted by Gasteiger charge is 2.33. The molecule has 2 atom stereocenters. The molecule has 0 amide bonds. The monoisotopic (exact) mass is 242 g/mol. The number of carbonyl (C=O) groups excluding carboxylic acids is 1. The molecule has 2 unspecified atom stereocenters. The van der Waals surface area contributed by atoms with Crippen LogP contribution in [-0.2, 0) is 14.3 Å². The molecule has 0 aromatic rings. The van der Waals surface area contributed by atoms with Crippen LogP contribution in [0.5, 0.6) is 0 Å². The second kappa shape index (κ2) is 6.33. The minimum Gasteiger partial charge on any atom is -0.464 e. The van der Waals surface area contributed by atoms with Crippen molar-refractivity contribution in [2.45, 2.75) is 31.3 Å². The van der Waals surface area contributed by atoms with E-state index in [-0.39, 0.29) is 12.0 Å². The molecule has 0 radical (unpaired) electrons. The maximum absolute atomic E-state index is 11.6. The quantitative estimate of drug-likeness (QED) is 0.665. The van der Waals surface area contributed by atoms with E-state index in [0.717, 1.165) is 26.1 Å². The van der Waals surface area contributed by atoms with Crippen LogP contribution in [0.4, 0.5) is 0 Å². The highest BCUT2D eigenvalue weighted by atomic mass is 16.5. The molecule has 0 spiro atoms. The van der Waals surface area contributed by atoms with Crippen molar-refractivity contribution in [3.05, 3.63) is 0 Å². The smallest absolute Gasteiger partial charge is 0.323 e. The number of nitrogens with zero attached hydrogens (tertiary/aromatic N) is 1. The first-order valence-corrected chi connectivity index (χ1v) is 6.44. The van der Waals surface area contributed by atoms with Gasteiger partial charge in [0, 0.05) is 32.7 Å². The number of methoxy groups -OCH3 is 1. The first-order chi connectivity index (χ1) is 8.31. The SMILES string of the molecule is COCCN(CC1CCCN1)C1CCOC1=O. The number of cyclic esters (lactones) is 1. The molecule has 5 nitrogen and oxygen atoms in total. The summed E-state index contributed by atoms with van der Waals surface area (Å²) < 4.78 is 10.2. The van der Waals surface area contributed by atoms with Crippen LogP contribution < -0.4 is 5.32 Å². The van der Waals surface area contributed by atoms with E-state index in [2.05, 4.69) is 10.2 Å². The third-order valence-electron chi connectivity index (χ3n) is 3.55. The van der Waals surface area contributed by atoms with Gasteiger partial charge in [0.25, 0.3) is 0 Å². The van der Waals surface area contributed by atoms with Gasteiger partial charge in [-0.15, -0.1) is 0 Å². The van der Waals surface area contributed by atoms with Crippen molar-refractivity contribution >= 4 is 5.97 Å². The van der Waals surface area contributed by atoms with E-state index >= 15 is 0 Å². The molecule has 2 aliphatic rings. The zero-order valence-corrected chi connectivity index (χ0v) is 10.5. The van der Waals surface area contributed by atoms with Crippen molar-refractivity contribution in [3.8, 4) is 0 Å². The van der Waals surface area contributed by atoms with E-state index in [0.29, 0.717) is 19.3 Å². The lowest BCUT2D eigenvalue weighted by Crippen LogP contribution is -2.46. The first kappa shape index (κ1) is 12.8. The van der Waals surface area contributed by atoms with E-state index in [4.69, 9.17) is 9.47 Å². The van der Waals surface area contributed by atoms with Crippen molar-refractivity contribution in [1.82, 2.24) is 10.2 Å². The minimum atomic E-state index is -0.0703. The molecule has 5 heteroatoms. The number of rotatable bonds is 6. The predicted octanol–water partition coefficient (Wildman–Crippen LogP) is 0.00230. The molecule has 2 fully saturated rings. The molecule has 0 saturated carbocycles. The second-order valence-electron chi connectivity index (χ2n) is 4.75. The van der Waals surface area contributed by atoms with Crippen LogP contribution in [0.2, 0.25) is 0 Å². The molecular weight excluding hydrogens is 220 g/mol. The average molecular weight is 242 g/mol. The lowest BCUT2D eigenvalue weighted by Gasteiger charge is -2.28. The fraction of sp³-hybridized carbons (Fsp3) is 0.917. The molecule has 17 heavy (non-hydrogen) atoms. The molecular formula is C12H22N2O3. The highest BCUT2D eigenvalue weighted by Crippen LogP contribution is 2.16. The van der Waals surface area contributed by atoms with Gasteiger partial charge in [0.1, 0.15) is 6.04 Å². The van der Waals surface area contributed by atoms with Crippen LogP contribution >= 0.6 is 0 Å². The number of carbonyl (C=O) groups is 1. The van der Waals surface area contributed by atoms with Crippen LogP contribution in [0.25, 0.3) is 0 Å². The summed E-state index contributed by atoms with van der Waals surface area (Å²) in [6, 6.07) is 0.452. The molecule has 0 aromatic heterocycles. The van der Waals surface area contributed by atoms with Gasteiger partial charge in [0.05, 0.1) is 13.2 Å². The molecule has 98 valence electrons. The van der Waals surface area contributed by atoms with Gasteiger partial charge in [-0.25, -0.2) is 0 Å². The molecule has 0 bridgehead atoms. The summed E-state index contributed by atoms with van der Waals surface area (Å²) in [5, 5.41) is 3.47. The van der Waals surface area contributed by atoms with E-state index in [1.807, 2.05) is 0 Å². The summed E-state index contributed by atoms with van der Waals surface area (Å²) in [5.74, 6) is -0.0703. The summed E-state index contributed by atoms with van der Waals surface area (Å²) in [5.41, 5.74) is 0. The van der Waals surface area contributed by atoms with Gasteiger partial charge in [-0.1, -0.05) is 0 Å². The maximum Gasteiger partial charge on any atom is 0.323 e. The highest BCUT2D eigenvalue weighted by molar-refractivity contribution is 5.77. The van der Waals surface area contributed by atoms with Crippen molar-refractivity contribution in [3.63, 3.8) is 0 Å². The molecule has 2 saturated heterocycles. The molecule has 0 aliphatic carbocycles. The zero-order chi connectivity index (χ0) is 12.1. The van der Waals surface area contributed by atoms with Crippen LogP contribution in [-0.4, -0.2) is 62.9 Å². The van der Waals surface area contributed by atoms with E-state index in [9.17, 15) is 4.79 Å². The Bertz CT molecular complexity index is 254. The topological polar surface area (TPSA) is 50.8 Å². The lowest BCUT2D eigenvalue weighted by molar-refractivity contribution is -0.142. The Morgan fingerprint density at radius 2 is 2.41 bits per heavy atom. The van der Waals surface area contributed by atoms with Gasteiger partial charge in [-0.3, -0.25) is 9.69 Å². The molecule has 1 N–H and O–H groups in total. The van der Waals surface area contributed by atoms with E-state index < -0.39 is 0 Å². The van der Waals surface area contributed by atoms with Crippen molar-refractivity contribution in [2.24, 2.45) is 0 Å². The Labute approximate surface area is 102 Å². The molecule has 2 rings (SSSR count). The lowest BCUT2D eigenvalue weighted by atomic mass is 10.1. The Balaban J connectivity index is 1.89. The molecule has 0 aromatic carbocycles. The number of esters is 1. The number of hydrogen-bond acceptors (Lipinski definition) is 5. The molecule has 2 aliphatic heterocycles. The second-order valence-corrected chi connectivity index (χ2v) is 4.75. The first-order valence-electron chi connectivity index (χ1n) is 6.44. The van der Waals surface area contributed by atoms with Crippen LogP contribution in [0, 0.1) is 0 Å². The fourth-order valence-electron chi connectivity index (χ4n) is 2.60. The summed E-state index contributed by atoms with van der Waals surface area (Å²) in [6.45, 7) is 4.04. The van der Waals surface area contributed by atoms with Crippen LogP contribution in [0.15, 0.2) is 0 Å². The number of nitrogens with one attached hydrogen (secondary N) is 1. The van der Waals surface area contributed by atoms with E-state index in [1.165, 1.54) is 12.8 Å². The van der Waals surface area contributed by atoms with Crippen LogP contribution in [0.1, 0.15) is 19.3 Å². The normalized spacial score (nSPS) is 28.9. The largest absolute Gasteiger partial charge is 0.464 e. The van der Waals surface area contributed by atoms with Gasteiger partial charge in [-0.05, 0) is 19.4 Å². The van der Waals surface area contributed by atoms with Gasteiger partial charge in [0.2, 0.25) is 0 Å². The van der Waals surface area contributed by atoms with Gasteiger partial charge >= 0.3 is 5.97 Å². The van der Waals surface area contributed by atoms with Crippen molar-refractivity contribution in [1.29, 1.82) is 0 Å². The molecule has 2 heterocycles. The van der Waals surface area contributed by atoms with Crippen molar-refractivity contribution < 1.29 is 14.3 Å². The zero-order valence-electron chi connectivity index (χ0n) is 10.5. The van der Waals surface area contributed by atoms with E-state index in [1.54, 1.807) is 7.11 Å². The minimum absolute atomic E-state index is 0.0625. The number of ether oxygens (including phenoxy) is 2. The van der Waals surface area contributed by atoms with Gasteiger partial charge in [-0.2, -0.15) is 0 Å². The predicted molar refractivity (Wildman–Crippen MR) is 63.8 cm³/mol. The van der Waals surface area contributed by atoms with Gasteiger partial charge < -0.3 is 14.8 Å². The summed E-state index contributed by atoms with van der Waals surface area (Å²) >= 11 is 0. The third kappa shape index (κ3) is 3.40. The average Bonchev–Trinajstić information content (AvgIpc) is 2.95. The summed E-state index contributed by atoms with van der Waals surface area (Å²) in [6.07, 6.45) is 3.25. The standard InChI is InChI=1S/C12H22N2O3/c1-16-8-6-14(9-10-3-2-5-13-10)11-4-7-17-12(11)15/h10-11,13H,2-9H2,1H3. The van der Waals surface area contributed by atoms with Crippen LogP contribution in [0.3, 0.4) is 0 Å². The number of hydrogen-bond donors (Lipinski definition) is 1. The Morgan fingerprint density at radius 1 is 1.53 bits per heavy atom. The van der Waals surface area contributed by atoms with Gasteiger partial charge in [0.15, 0.2) is 0 Å². The fourth-order valence-corrected chi connectivity index (χ4v) is 2.60. The van der Waals surface area contributed by atoms with Crippen molar-refractivity contribution in [2.75, 3.05) is 40.0 Å². The Kier molecular flexibility index (Phi) is 4.76.